The Morgan fingerprint density at radius 2 is 2.08 bits per heavy atom. The minimum atomic E-state index is -4.50. The van der Waals surface area contributed by atoms with Gasteiger partial charge in [0.1, 0.15) is 10.5 Å². The van der Waals surface area contributed by atoms with Crippen molar-refractivity contribution in [3.8, 4) is 0 Å². The molecule has 136 valence electrons. The zero-order valence-corrected chi connectivity index (χ0v) is 15.1. The molecule has 0 saturated carbocycles. The molecule has 3 rings (SSSR count). The van der Waals surface area contributed by atoms with Crippen LogP contribution in [0, 0.1) is 12.3 Å². The molecular formula is C17H20F3N3OS. The second-order valence-corrected chi connectivity index (χ2v) is 8.21. The fourth-order valence-electron chi connectivity index (χ4n) is 3.15. The molecule has 1 atom stereocenters. The van der Waals surface area contributed by atoms with E-state index in [1.807, 2.05) is 13.8 Å². The minimum Gasteiger partial charge on any atom is -0.337 e. The van der Waals surface area contributed by atoms with Crippen molar-refractivity contribution in [2.24, 2.45) is 11.1 Å². The third kappa shape index (κ3) is 3.25. The first-order valence-electron chi connectivity index (χ1n) is 8.03. The van der Waals surface area contributed by atoms with Crippen LogP contribution in [0.2, 0.25) is 0 Å². The van der Waals surface area contributed by atoms with Crippen molar-refractivity contribution in [1.82, 2.24) is 9.88 Å². The van der Waals surface area contributed by atoms with E-state index < -0.39 is 11.9 Å². The van der Waals surface area contributed by atoms with E-state index in [0.717, 1.165) is 17.4 Å². The number of halogens is 3. The van der Waals surface area contributed by atoms with Gasteiger partial charge in [-0.15, -0.1) is 11.3 Å². The molecule has 1 unspecified atom stereocenters. The van der Waals surface area contributed by atoms with Gasteiger partial charge in [0.05, 0.1) is 4.88 Å². The van der Waals surface area contributed by atoms with Crippen LogP contribution in [0.5, 0.6) is 0 Å². The highest BCUT2D eigenvalue weighted by Crippen LogP contribution is 2.36. The highest BCUT2D eigenvalue weighted by molar-refractivity contribution is 7.20. The van der Waals surface area contributed by atoms with Crippen LogP contribution in [0.25, 0.3) is 10.2 Å². The molecule has 2 aromatic heterocycles. The van der Waals surface area contributed by atoms with Crippen molar-refractivity contribution in [3.63, 3.8) is 0 Å². The molecule has 4 nitrogen and oxygen atoms in total. The quantitative estimate of drug-likeness (QED) is 0.829. The lowest BCUT2D eigenvalue weighted by molar-refractivity contribution is -0.140. The van der Waals surface area contributed by atoms with E-state index in [9.17, 15) is 18.0 Å². The van der Waals surface area contributed by atoms with Gasteiger partial charge in [-0.2, -0.15) is 13.2 Å². The van der Waals surface area contributed by atoms with Gasteiger partial charge in [-0.25, -0.2) is 4.98 Å². The summed E-state index contributed by atoms with van der Waals surface area (Å²) in [6.07, 6.45) is -3.79. The van der Waals surface area contributed by atoms with Gasteiger partial charge < -0.3 is 10.6 Å². The SMILES string of the molecule is Cc1c(C(=O)N2CCC(N)C(C)(C)C2)sc2nc(C(F)(F)F)ccc12. The van der Waals surface area contributed by atoms with Gasteiger partial charge in [0.15, 0.2) is 0 Å². The summed E-state index contributed by atoms with van der Waals surface area (Å²) in [6.45, 7) is 6.88. The Balaban J connectivity index is 1.96. The van der Waals surface area contributed by atoms with Crippen LogP contribution in [-0.4, -0.2) is 34.9 Å². The van der Waals surface area contributed by atoms with E-state index in [1.165, 1.54) is 6.07 Å². The van der Waals surface area contributed by atoms with E-state index in [0.29, 0.717) is 35.3 Å². The first kappa shape index (κ1) is 18.1. The minimum absolute atomic E-state index is 0.0241. The molecule has 1 saturated heterocycles. The number of carbonyl (C=O) groups is 1. The lowest BCUT2D eigenvalue weighted by atomic mass is 9.79. The van der Waals surface area contributed by atoms with Gasteiger partial charge in [0.2, 0.25) is 0 Å². The number of likely N-dealkylation sites (tertiary alicyclic amines) is 1. The molecule has 0 spiro atoms. The molecule has 1 fully saturated rings. The number of aromatic nitrogens is 1. The molecular weight excluding hydrogens is 351 g/mol. The number of hydrogen-bond donors (Lipinski definition) is 1. The topological polar surface area (TPSA) is 59.2 Å². The smallest absolute Gasteiger partial charge is 0.337 e. The number of alkyl halides is 3. The molecule has 0 bridgehead atoms. The van der Waals surface area contributed by atoms with Gasteiger partial charge in [0.25, 0.3) is 5.91 Å². The van der Waals surface area contributed by atoms with Crippen molar-refractivity contribution in [1.29, 1.82) is 0 Å². The summed E-state index contributed by atoms with van der Waals surface area (Å²) >= 11 is 1.02. The normalized spacial score (nSPS) is 20.9. The van der Waals surface area contributed by atoms with Gasteiger partial charge in [0, 0.05) is 24.5 Å². The molecule has 25 heavy (non-hydrogen) atoms. The molecule has 2 N–H and O–H groups in total. The largest absolute Gasteiger partial charge is 0.433 e. The summed E-state index contributed by atoms with van der Waals surface area (Å²) in [4.78, 5) is 19.0. The molecule has 0 aromatic carbocycles. The number of carbonyl (C=O) groups excluding carboxylic acids is 1. The van der Waals surface area contributed by atoms with E-state index in [-0.39, 0.29) is 22.2 Å². The van der Waals surface area contributed by atoms with Crippen LogP contribution in [-0.2, 0) is 6.18 Å². The first-order chi connectivity index (χ1) is 11.5. The number of fused-ring (bicyclic) bond motifs is 1. The lowest BCUT2D eigenvalue weighted by Gasteiger charge is -2.42. The Morgan fingerprint density at radius 3 is 2.68 bits per heavy atom. The first-order valence-corrected chi connectivity index (χ1v) is 8.84. The Bertz CT molecular complexity index is 828. The Morgan fingerprint density at radius 1 is 1.40 bits per heavy atom. The van der Waals surface area contributed by atoms with Crippen molar-refractivity contribution >= 4 is 27.5 Å². The number of aryl methyl sites for hydroxylation is 1. The summed E-state index contributed by atoms with van der Waals surface area (Å²) in [5, 5.41) is 0.592. The van der Waals surface area contributed by atoms with E-state index in [2.05, 4.69) is 4.98 Å². The van der Waals surface area contributed by atoms with E-state index in [4.69, 9.17) is 5.73 Å². The maximum Gasteiger partial charge on any atom is 0.433 e. The third-order valence-electron chi connectivity index (χ3n) is 4.89. The van der Waals surface area contributed by atoms with Crippen LogP contribution >= 0.6 is 11.3 Å². The van der Waals surface area contributed by atoms with Crippen molar-refractivity contribution in [3.05, 3.63) is 28.3 Å². The molecule has 0 radical (unpaired) electrons. The zero-order valence-electron chi connectivity index (χ0n) is 14.3. The highest BCUT2D eigenvalue weighted by Gasteiger charge is 2.37. The second kappa shape index (κ2) is 5.95. The number of nitrogens with zero attached hydrogens (tertiary/aromatic N) is 2. The highest BCUT2D eigenvalue weighted by atomic mass is 32.1. The van der Waals surface area contributed by atoms with Crippen LogP contribution in [0.1, 0.15) is 41.2 Å². The average Bonchev–Trinajstić information content (AvgIpc) is 2.85. The van der Waals surface area contributed by atoms with Gasteiger partial charge >= 0.3 is 6.18 Å². The zero-order chi connectivity index (χ0) is 18.6. The van der Waals surface area contributed by atoms with Crippen molar-refractivity contribution < 1.29 is 18.0 Å². The van der Waals surface area contributed by atoms with Crippen molar-refractivity contribution in [2.45, 2.75) is 39.4 Å². The second-order valence-electron chi connectivity index (χ2n) is 7.21. The molecule has 1 amide bonds. The summed E-state index contributed by atoms with van der Waals surface area (Å²) in [7, 11) is 0. The maximum atomic E-state index is 12.9. The number of pyridine rings is 1. The average molecular weight is 371 g/mol. The summed E-state index contributed by atoms with van der Waals surface area (Å²) < 4.78 is 38.5. The monoisotopic (exact) mass is 371 g/mol. The molecule has 1 aliphatic heterocycles. The maximum absolute atomic E-state index is 12.9. The third-order valence-corrected chi connectivity index (χ3v) is 6.08. The van der Waals surface area contributed by atoms with Crippen LogP contribution in [0.15, 0.2) is 12.1 Å². The lowest BCUT2D eigenvalue weighted by Crippen LogP contribution is -2.53. The number of thiophene rings is 1. The number of amides is 1. The van der Waals surface area contributed by atoms with E-state index in [1.54, 1.807) is 11.8 Å². The number of nitrogens with two attached hydrogens (primary N) is 1. The summed E-state index contributed by atoms with van der Waals surface area (Å²) in [5.41, 5.74) is 5.66. The molecule has 1 aliphatic rings. The molecule has 0 aliphatic carbocycles. The Hall–Kier alpha value is -1.67. The molecule has 8 heteroatoms. The number of hydrogen-bond acceptors (Lipinski definition) is 4. The molecule has 3 heterocycles. The van der Waals surface area contributed by atoms with Crippen LogP contribution < -0.4 is 5.73 Å². The fraction of sp³-hybridized carbons (Fsp3) is 0.529. The van der Waals surface area contributed by atoms with Crippen LogP contribution in [0.4, 0.5) is 13.2 Å². The number of rotatable bonds is 1. The Kier molecular flexibility index (Phi) is 4.31. The molecule has 2 aromatic rings. The summed E-state index contributed by atoms with van der Waals surface area (Å²) in [5.74, 6) is -0.158. The summed E-state index contributed by atoms with van der Waals surface area (Å²) in [6, 6.07) is 2.37. The Labute approximate surface area is 147 Å². The predicted octanol–water partition coefficient (Wildman–Crippen LogP) is 3.82. The fourth-order valence-corrected chi connectivity index (χ4v) is 4.30. The van der Waals surface area contributed by atoms with Gasteiger partial charge in [-0.3, -0.25) is 4.79 Å². The van der Waals surface area contributed by atoms with E-state index >= 15 is 0 Å². The number of piperidine rings is 1. The predicted molar refractivity (Wildman–Crippen MR) is 91.6 cm³/mol. The van der Waals surface area contributed by atoms with Gasteiger partial charge in [-0.05, 0) is 36.5 Å². The van der Waals surface area contributed by atoms with Crippen LogP contribution in [0.3, 0.4) is 0 Å². The standard InChI is InChI=1S/C17H20F3N3OS/c1-9-10-4-5-12(17(18,19)20)22-14(10)25-13(9)15(24)23-7-6-11(21)16(2,3)8-23/h4-5,11H,6-8,21H2,1-3H3. The van der Waals surface area contributed by atoms with Gasteiger partial charge in [-0.1, -0.05) is 13.8 Å². The van der Waals surface area contributed by atoms with Crippen molar-refractivity contribution in [2.75, 3.05) is 13.1 Å².